The van der Waals surface area contributed by atoms with Gasteiger partial charge in [0.1, 0.15) is 24.8 Å². The van der Waals surface area contributed by atoms with Crippen molar-refractivity contribution in [1.82, 2.24) is 19.8 Å². The number of fused-ring (bicyclic) bond motifs is 3. The SMILES string of the molecule is c1ccc2c(c1)OC[C@@H](c1nnc3sc(-c4ccc5c(c4)OCCO5)nn13)O2. The zero-order valence-corrected chi connectivity index (χ0v) is 15.4. The lowest BCUT2D eigenvalue weighted by atomic mass is 10.2. The highest BCUT2D eigenvalue weighted by Gasteiger charge is 2.28. The van der Waals surface area contributed by atoms with Gasteiger partial charge in [-0.05, 0) is 30.3 Å². The Bertz CT molecular complexity index is 1190. The molecule has 0 N–H and O–H groups in total. The molecule has 0 amide bonds. The summed E-state index contributed by atoms with van der Waals surface area (Å²) < 4.78 is 24.8. The maximum Gasteiger partial charge on any atom is 0.235 e. The highest BCUT2D eigenvalue weighted by atomic mass is 32.1. The van der Waals surface area contributed by atoms with E-state index in [1.54, 1.807) is 4.52 Å². The second-order valence-corrected chi connectivity index (χ2v) is 7.34. The quantitative estimate of drug-likeness (QED) is 0.517. The van der Waals surface area contributed by atoms with Gasteiger partial charge in [0, 0.05) is 5.56 Å². The van der Waals surface area contributed by atoms with Crippen LogP contribution in [-0.2, 0) is 0 Å². The fraction of sp³-hybridized carbons (Fsp3) is 0.211. The van der Waals surface area contributed by atoms with E-state index in [-0.39, 0.29) is 6.10 Å². The number of hydrogen-bond acceptors (Lipinski definition) is 8. The topological polar surface area (TPSA) is 80.0 Å². The molecule has 0 radical (unpaired) electrons. The van der Waals surface area contributed by atoms with Crippen molar-refractivity contribution in [3.8, 4) is 33.6 Å². The van der Waals surface area contributed by atoms with Gasteiger partial charge in [0.2, 0.25) is 4.96 Å². The summed E-state index contributed by atoms with van der Waals surface area (Å²) in [6.45, 7) is 1.47. The first-order valence-corrected chi connectivity index (χ1v) is 9.67. The van der Waals surface area contributed by atoms with Crippen LogP contribution in [0.2, 0.25) is 0 Å². The molecule has 6 rings (SSSR count). The van der Waals surface area contributed by atoms with Gasteiger partial charge in [-0.3, -0.25) is 0 Å². The van der Waals surface area contributed by atoms with Crippen LogP contribution in [-0.4, -0.2) is 39.6 Å². The smallest absolute Gasteiger partial charge is 0.235 e. The molecule has 0 bridgehead atoms. The predicted molar refractivity (Wildman–Crippen MR) is 100 cm³/mol. The summed E-state index contributed by atoms with van der Waals surface area (Å²) in [5, 5.41) is 14.1. The summed E-state index contributed by atoms with van der Waals surface area (Å²) in [5.74, 6) is 3.53. The highest BCUT2D eigenvalue weighted by Crippen LogP contribution is 2.38. The number of para-hydroxylation sites is 2. The molecule has 1 atom stereocenters. The second kappa shape index (κ2) is 6.10. The maximum absolute atomic E-state index is 6.05. The summed E-state index contributed by atoms with van der Waals surface area (Å²) in [7, 11) is 0. The molecular weight excluding hydrogens is 380 g/mol. The van der Waals surface area contributed by atoms with Gasteiger partial charge in [-0.15, -0.1) is 10.2 Å². The minimum absolute atomic E-state index is 0.356. The Morgan fingerprint density at radius 2 is 1.71 bits per heavy atom. The zero-order valence-electron chi connectivity index (χ0n) is 14.6. The molecular formula is C19H14N4O4S. The Hall–Kier alpha value is -3.33. The van der Waals surface area contributed by atoms with E-state index in [9.17, 15) is 0 Å². The Balaban J connectivity index is 1.35. The predicted octanol–water partition coefficient (Wildman–Crippen LogP) is 3.14. The van der Waals surface area contributed by atoms with E-state index in [0.29, 0.717) is 36.4 Å². The molecule has 4 aromatic rings. The number of rotatable bonds is 2. The summed E-state index contributed by atoms with van der Waals surface area (Å²) in [5.41, 5.74) is 0.942. The third-order valence-corrected chi connectivity index (χ3v) is 5.55. The molecule has 2 aliphatic heterocycles. The zero-order chi connectivity index (χ0) is 18.5. The number of aromatic nitrogens is 4. The standard InChI is InChI=1S/C19H14N4O4S/c1-2-4-14-12(3-1)26-10-16(27-14)17-20-21-19-23(17)22-18(28-19)11-5-6-13-15(9-11)25-8-7-24-13/h1-6,9,16H,7-8,10H2/t16-/m0/s1. The minimum atomic E-state index is -0.375. The van der Waals surface area contributed by atoms with Gasteiger partial charge in [0.05, 0.1) is 0 Å². The van der Waals surface area contributed by atoms with Gasteiger partial charge in [0.25, 0.3) is 0 Å². The largest absolute Gasteiger partial charge is 0.486 e. The van der Waals surface area contributed by atoms with E-state index in [0.717, 1.165) is 27.8 Å². The average molecular weight is 394 g/mol. The molecule has 140 valence electrons. The van der Waals surface area contributed by atoms with Gasteiger partial charge in [-0.25, -0.2) is 0 Å². The van der Waals surface area contributed by atoms with Gasteiger partial charge in [-0.2, -0.15) is 9.61 Å². The van der Waals surface area contributed by atoms with E-state index >= 15 is 0 Å². The minimum Gasteiger partial charge on any atom is -0.486 e. The summed E-state index contributed by atoms with van der Waals surface area (Å²) in [4.78, 5) is 0.697. The van der Waals surface area contributed by atoms with Crippen molar-refractivity contribution in [2.45, 2.75) is 6.10 Å². The van der Waals surface area contributed by atoms with E-state index in [1.165, 1.54) is 11.3 Å². The lowest BCUT2D eigenvalue weighted by Gasteiger charge is -2.24. The van der Waals surface area contributed by atoms with Gasteiger partial charge in [0.15, 0.2) is 34.9 Å². The van der Waals surface area contributed by atoms with Crippen LogP contribution in [0.4, 0.5) is 0 Å². The molecule has 0 fully saturated rings. The summed E-state index contributed by atoms with van der Waals surface area (Å²) in [6.07, 6.45) is -0.375. The first-order chi connectivity index (χ1) is 13.8. The van der Waals surface area contributed by atoms with Crippen molar-refractivity contribution in [2.75, 3.05) is 19.8 Å². The van der Waals surface area contributed by atoms with Crippen LogP contribution in [0.15, 0.2) is 42.5 Å². The normalized spacial score (nSPS) is 17.6. The highest BCUT2D eigenvalue weighted by molar-refractivity contribution is 7.19. The maximum atomic E-state index is 6.05. The van der Waals surface area contributed by atoms with Crippen molar-refractivity contribution >= 4 is 16.3 Å². The number of nitrogens with zero attached hydrogens (tertiary/aromatic N) is 4. The Labute approximate surface area is 163 Å². The molecule has 9 heteroatoms. The van der Waals surface area contributed by atoms with E-state index in [2.05, 4.69) is 10.2 Å². The molecule has 0 spiro atoms. The van der Waals surface area contributed by atoms with Crippen LogP contribution >= 0.6 is 11.3 Å². The molecule has 2 aliphatic rings. The van der Waals surface area contributed by atoms with Crippen LogP contribution in [0.25, 0.3) is 15.5 Å². The number of ether oxygens (including phenoxy) is 4. The Morgan fingerprint density at radius 3 is 2.64 bits per heavy atom. The van der Waals surface area contributed by atoms with Crippen molar-refractivity contribution in [2.24, 2.45) is 0 Å². The Kier molecular flexibility index (Phi) is 3.42. The summed E-state index contributed by atoms with van der Waals surface area (Å²) in [6, 6.07) is 13.4. The first-order valence-electron chi connectivity index (χ1n) is 8.86. The van der Waals surface area contributed by atoms with E-state index in [4.69, 9.17) is 24.0 Å². The van der Waals surface area contributed by atoms with Crippen LogP contribution in [0.3, 0.4) is 0 Å². The molecule has 0 saturated carbocycles. The Morgan fingerprint density at radius 1 is 0.893 bits per heavy atom. The molecule has 2 aromatic heterocycles. The van der Waals surface area contributed by atoms with Gasteiger partial charge in [-0.1, -0.05) is 23.5 Å². The van der Waals surface area contributed by atoms with Crippen molar-refractivity contribution in [1.29, 1.82) is 0 Å². The molecule has 28 heavy (non-hydrogen) atoms. The van der Waals surface area contributed by atoms with Crippen molar-refractivity contribution in [3.63, 3.8) is 0 Å². The second-order valence-electron chi connectivity index (χ2n) is 6.38. The first kappa shape index (κ1) is 15.7. The van der Waals surface area contributed by atoms with Crippen LogP contribution in [0.5, 0.6) is 23.0 Å². The van der Waals surface area contributed by atoms with Crippen LogP contribution in [0.1, 0.15) is 11.9 Å². The fourth-order valence-electron chi connectivity index (χ4n) is 3.27. The third-order valence-electron chi connectivity index (χ3n) is 4.60. The summed E-state index contributed by atoms with van der Waals surface area (Å²) >= 11 is 1.46. The monoisotopic (exact) mass is 394 g/mol. The number of hydrogen-bond donors (Lipinski definition) is 0. The third kappa shape index (κ3) is 2.47. The molecule has 0 aliphatic carbocycles. The molecule has 8 nitrogen and oxygen atoms in total. The molecule has 0 saturated heterocycles. The van der Waals surface area contributed by atoms with E-state index < -0.39 is 0 Å². The van der Waals surface area contributed by atoms with E-state index in [1.807, 2.05) is 42.5 Å². The van der Waals surface area contributed by atoms with Crippen LogP contribution in [0, 0.1) is 0 Å². The molecule has 4 heterocycles. The average Bonchev–Trinajstić information content (AvgIpc) is 3.34. The van der Waals surface area contributed by atoms with Crippen LogP contribution < -0.4 is 18.9 Å². The lowest BCUT2D eigenvalue weighted by molar-refractivity contribution is 0.0836. The molecule has 2 aromatic carbocycles. The molecule has 0 unspecified atom stereocenters. The van der Waals surface area contributed by atoms with Gasteiger partial charge < -0.3 is 18.9 Å². The van der Waals surface area contributed by atoms with Crippen molar-refractivity contribution in [3.05, 3.63) is 48.3 Å². The van der Waals surface area contributed by atoms with Gasteiger partial charge >= 0.3 is 0 Å². The number of benzene rings is 2. The fourth-order valence-corrected chi connectivity index (χ4v) is 4.12. The lowest BCUT2D eigenvalue weighted by Crippen LogP contribution is -2.23. The van der Waals surface area contributed by atoms with Crippen molar-refractivity contribution < 1.29 is 18.9 Å².